The van der Waals surface area contributed by atoms with E-state index in [4.69, 9.17) is 9.97 Å². The van der Waals surface area contributed by atoms with Gasteiger partial charge >= 0.3 is 0 Å². The van der Waals surface area contributed by atoms with Gasteiger partial charge in [-0.05, 0) is 31.2 Å². The van der Waals surface area contributed by atoms with Gasteiger partial charge in [-0.2, -0.15) is 0 Å². The van der Waals surface area contributed by atoms with Crippen molar-refractivity contribution < 1.29 is 0 Å². The first kappa shape index (κ1) is 23.4. The smallest absolute Gasteiger partial charge is 0.160 e. The maximum absolute atomic E-state index is 5.03. The predicted molar refractivity (Wildman–Crippen MR) is 160 cm³/mol. The van der Waals surface area contributed by atoms with Crippen LogP contribution >= 0.6 is 0 Å². The molecule has 0 saturated heterocycles. The first-order valence-corrected chi connectivity index (χ1v) is 12.7. The summed E-state index contributed by atoms with van der Waals surface area (Å²) in [6.07, 6.45) is 6.02. The lowest BCUT2D eigenvalue weighted by Gasteiger charge is -2.12. The zero-order valence-electron chi connectivity index (χ0n) is 21.3. The fourth-order valence-electron chi connectivity index (χ4n) is 4.99. The van der Waals surface area contributed by atoms with Gasteiger partial charge in [-0.1, -0.05) is 116 Å². The van der Waals surface area contributed by atoms with Crippen LogP contribution in [0.3, 0.4) is 0 Å². The molecule has 0 saturated carbocycles. The Bertz CT molecular complexity index is 1710. The van der Waals surface area contributed by atoms with E-state index >= 15 is 0 Å². The zero-order valence-corrected chi connectivity index (χ0v) is 21.3. The molecule has 6 rings (SSSR count). The van der Waals surface area contributed by atoms with Crippen LogP contribution in [-0.2, 0) is 0 Å². The van der Waals surface area contributed by atoms with E-state index in [1.807, 2.05) is 60.7 Å². The van der Waals surface area contributed by atoms with Crippen molar-refractivity contribution in [3.8, 4) is 22.6 Å². The molecule has 2 aromatic heterocycles. The van der Waals surface area contributed by atoms with Crippen LogP contribution in [0.15, 0.2) is 140 Å². The van der Waals surface area contributed by atoms with Crippen LogP contribution in [0, 0.1) is 0 Å². The Balaban J connectivity index is 1.55. The Morgan fingerprint density at radius 3 is 1.84 bits per heavy atom. The second-order valence-corrected chi connectivity index (χ2v) is 9.21. The van der Waals surface area contributed by atoms with Gasteiger partial charge in [-0.15, -0.1) is 0 Å². The average Bonchev–Trinajstić information content (AvgIpc) is 3.32. The Morgan fingerprint density at radius 1 is 0.684 bits per heavy atom. The van der Waals surface area contributed by atoms with Crippen molar-refractivity contribution >= 4 is 33.1 Å². The molecular weight excluding hydrogens is 462 g/mol. The van der Waals surface area contributed by atoms with Crippen LogP contribution in [0.4, 0.5) is 0 Å². The first-order chi connectivity index (χ1) is 18.7. The standard InChI is InChI=1S/C35H27N3/c1-3-14-28(23-25(2)38-33-21-12-10-19-29(33)30-20-11-13-22-34(30)38)32-24-31(26-15-6-4-7-16-26)36-35(37-32)27-17-8-5-9-18-27/h3-24H,1H2,2H3/b25-23+,28-14+. The summed E-state index contributed by atoms with van der Waals surface area (Å²) in [5.41, 5.74) is 8.18. The number of hydrogen-bond acceptors (Lipinski definition) is 2. The fraction of sp³-hybridized carbons (Fsp3) is 0.0286. The van der Waals surface area contributed by atoms with Gasteiger partial charge in [0, 0.05) is 33.2 Å². The number of hydrogen-bond donors (Lipinski definition) is 0. The summed E-state index contributed by atoms with van der Waals surface area (Å²) in [6.45, 7) is 6.15. The molecule has 3 nitrogen and oxygen atoms in total. The Labute approximate surface area is 222 Å². The molecule has 2 heterocycles. The lowest BCUT2D eigenvalue weighted by Crippen LogP contribution is -1.99. The van der Waals surface area contributed by atoms with Crippen molar-refractivity contribution in [1.29, 1.82) is 0 Å². The summed E-state index contributed by atoms with van der Waals surface area (Å²) in [7, 11) is 0. The highest BCUT2D eigenvalue weighted by Crippen LogP contribution is 2.33. The first-order valence-electron chi connectivity index (χ1n) is 12.7. The molecule has 0 amide bonds. The SMILES string of the molecule is C=C/C=C(\C=C(/C)n1c2ccccc2c2ccccc21)c1cc(-c2ccccc2)nc(-c2ccccc2)n1. The molecule has 0 atom stereocenters. The van der Waals surface area contributed by atoms with Crippen molar-refractivity contribution in [3.63, 3.8) is 0 Å². The molecule has 6 aromatic rings. The third-order valence-electron chi connectivity index (χ3n) is 6.72. The number of benzene rings is 4. The van der Waals surface area contributed by atoms with E-state index in [-0.39, 0.29) is 0 Å². The molecule has 182 valence electrons. The largest absolute Gasteiger partial charge is 0.313 e. The van der Waals surface area contributed by atoms with Crippen molar-refractivity contribution in [1.82, 2.24) is 14.5 Å². The molecule has 3 heteroatoms. The summed E-state index contributed by atoms with van der Waals surface area (Å²) in [6, 6.07) is 39.5. The summed E-state index contributed by atoms with van der Waals surface area (Å²) >= 11 is 0. The van der Waals surface area contributed by atoms with Gasteiger partial charge in [-0.3, -0.25) is 0 Å². The molecule has 0 aliphatic heterocycles. The molecular formula is C35H27N3. The minimum Gasteiger partial charge on any atom is -0.313 e. The van der Waals surface area contributed by atoms with E-state index in [0.29, 0.717) is 5.82 Å². The number of fused-ring (bicyclic) bond motifs is 3. The highest BCUT2D eigenvalue weighted by molar-refractivity contribution is 6.10. The van der Waals surface area contributed by atoms with Gasteiger partial charge in [0.05, 0.1) is 22.4 Å². The summed E-state index contributed by atoms with van der Waals surface area (Å²) in [4.78, 5) is 9.96. The maximum atomic E-state index is 5.03. The van der Waals surface area contributed by atoms with Crippen LogP contribution < -0.4 is 0 Å². The van der Waals surface area contributed by atoms with Crippen LogP contribution in [0.5, 0.6) is 0 Å². The minimum absolute atomic E-state index is 0.694. The van der Waals surface area contributed by atoms with Crippen LogP contribution in [0.1, 0.15) is 12.6 Å². The number of aromatic nitrogens is 3. The van der Waals surface area contributed by atoms with Crippen LogP contribution in [0.25, 0.3) is 55.7 Å². The van der Waals surface area contributed by atoms with Crippen LogP contribution in [0.2, 0.25) is 0 Å². The van der Waals surface area contributed by atoms with Crippen molar-refractivity contribution in [3.05, 3.63) is 146 Å². The van der Waals surface area contributed by atoms with E-state index in [0.717, 1.165) is 33.8 Å². The van der Waals surface area contributed by atoms with E-state index in [9.17, 15) is 0 Å². The molecule has 0 unspecified atom stereocenters. The topological polar surface area (TPSA) is 30.7 Å². The second kappa shape index (κ2) is 10.2. The normalized spacial score (nSPS) is 12.2. The number of para-hydroxylation sites is 2. The summed E-state index contributed by atoms with van der Waals surface area (Å²) < 4.78 is 2.32. The molecule has 0 bridgehead atoms. The second-order valence-electron chi connectivity index (χ2n) is 9.21. The van der Waals surface area contributed by atoms with E-state index in [1.54, 1.807) is 0 Å². The Morgan fingerprint density at radius 2 is 1.24 bits per heavy atom. The van der Waals surface area contributed by atoms with E-state index < -0.39 is 0 Å². The van der Waals surface area contributed by atoms with E-state index in [1.165, 1.54) is 21.8 Å². The highest BCUT2D eigenvalue weighted by atomic mass is 15.0. The Kier molecular flexibility index (Phi) is 6.25. The molecule has 4 aromatic carbocycles. The maximum Gasteiger partial charge on any atom is 0.160 e. The summed E-state index contributed by atoms with van der Waals surface area (Å²) in [5, 5.41) is 2.48. The number of allylic oxidation sites excluding steroid dienone is 5. The Hall–Kier alpha value is -5.02. The third kappa shape index (κ3) is 4.35. The van der Waals surface area contributed by atoms with Crippen molar-refractivity contribution in [2.45, 2.75) is 6.92 Å². The minimum atomic E-state index is 0.694. The summed E-state index contributed by atoms with van der Waals surface area (Å²) in [5.74, 6) is 0.694. The zero-order chi connectivity index (χ0) is 25.9. The lowest BCUT2D eigenvalue weighted by molar-refractivity contribution is 1.15. The molecule has 38 heavy (non-hydrogen) atoms. The number of rotatable bonds is 6. The molecule has 0 aliphatic carbocycles. The molecule has 0 spiro atoms. The van der Waals surface area contributed by atoms with Crippen molar-refractivity contribution in [2.75, 3.05) is 0 Å². The molecule has 0 fully saturated rings. The highest BCUT2D eigenvalue weighted by Gasteiger charge is 2.14. The monoisotopic (exact) mass is 489 g/mol. The lowest BCUT2D eigenvalue weighted by atomic mass is 10.1. The van der Waals surface area contributed by atoms with E-state index in [2.05, 4.69) is 90.9 Å². The third-order valence-corrected chi connectivity index (χ3v) is 6.72. The van der Waals surface area contributed by atoms with Gasteiger partial charge in [0.15, 0.2) is 5.82 Å². The number of nitrogens with zero attached hydrogens (tertiary/aromatic N) is 3. The van der Waals surface area contributed by atoms with Gasteiger partial charge in [-0.25, -0.2) is 9.97 Å². The molecule has 0 aliphatic rings. The van der Waals surface area contributed by atoms with Crippen molar-refractivity contribution in [2.24, 2.45) is 0 Å². The van der Waals surface area contributed by atoms with Crippen LogP contribution in [-0.4, -0.2) is 14.5 Å². The predicted octanol–water partition coefficient (Wildman–Crippen LogP) is 9.05. The van der Waals surface area contributed by atoms with Gasteiger partial charge < -0.3 is 4.57 Å². The van der Waals surface area contributed by atoms with Gasteiger partial charge in [0.2, 0.25) is 0 Å². The van der Waals surface area contributed by atoms with Gasteiger partial charge in [0.25, 0.3) is 0 Å². The van der Waals surface area contributed by atoms with Gasteiger partial charge in [0.1, 0.15) is 0 Å². The molecule has 0 N–H and O–H groups in total. The quantitative estimate of drug-likeness (QED) is 0.219. The molecule has 0 radical (unpaired) electrons. The fourth-order valence-corrected chi connectivity index (χ4v) is 4.99. The average molecular weight is 490 g/mol.